The van der Waals surface area contributed by atoms with E-state index in [0.29, 0.717) is 5.41 Å². The molecule has 3 nitrogen and oxygen atoms in total. The first kappa shape index (κ1) is 13.1. The predicted molar refractivity (Wildman–Crippen MR) is 79.5 cm³/mol. The Labute approximate surface area is 126 Å². The van der Waals surface area contributed by atoms with Crippen LogP contribution in [-0.4, -0.2) is 15.0 Å². The zero-order valence-corrected chi connectivity index (χ0v) is 13.0. The third-order valence-corrected chi connectivity index (χ3v) is 6.22. The Balaban J connectivity index is 1.43. The van der Waals surface area contributed by atoms with Crippen molar-refractivity contribution in [1.82, 2.24) is 15.0 Å². The van der Waals surface area contributed by atoms with Crippen LogP contribution >= 0.6 is 11.6 Å². The van der Waals surface area contributed by atoms with Crippen LogP contribution in [0.3, 0.4) is 0 Å². The van der Waals surface area contributed by atoms with Gasteiger partial charge in [0.2, 0.25) is 0 Å². The first-order valence-electron chi connectivity index (χ1n) is 8.16. The fourth-order valence-corrected chi connectivity index (χ4v) is 5.65. The van der Waals surface area contributed by atoms with E-state index in [-0.39, 0.29) is 5.38 Å². The molecule has 1 aromatic rings. The molecule has 4 bridgehead atoms. The van der Waals surface area contributed by atoms with E-state index in [0.717, 1.165) is 30.0 Å². The molecule has 1 unspecified atom stereocenters. The van der Waals surface area contributed by atoms with Gasteiger partial charge >= 0.3 is 0 Å². The van der Waals surface area contributed by atoms with E-state index in [9.17, 15) is 0 Å². The molecule has 1 aromatic heterocycles. The standard InChI is InChI=1S/C16H24ClN3/c1-11(17)15-10-20(19-18-15)3-2-16-7-12-4-13(8-16)6-14(5-12)9-16/h10-14H,2-9H2,1H3. The zero-order chi connectivity index (χ0) is 13.7. The monoisotopic (exact) mass is 293 g/mol. The van der Waals surface area contributed by atoms with Gasteiger partial charge < -0.3 is 0 Å². The number of hydrogen-bond acceptors (Lipinski definition) is 2. The highest BCUT2D eigenvalue weighted by Gasteiger charge is 2.50. The smallest absolute Gasteiger partial charge is 0.100 e. The van der Waals surface area contributed by atoms with Crippen LogP contribution in [0.1, 0.15) is 62.9 Å². The molecule has 20 heavy (non-hydrogen) atoms. The van der Waals surface area contributed by atoms with E-state index in [1.54, 1.807) is 0 Å². The Morgan fingerprint density at radius 2 is 1.85 bits per heavy atom. The van der Waals surface area contributed by atoms with Gasteiger partial charge in [-0.2, -0.15) is 0 Å². The number of rotatable bonds is 4. The molecule has 4 aliphatic rings. The van der Waals surface area contributed by atoms with Crippen molar-refractivity contribution in [3.05, 3.63) is 11.9 Å². The van der Waals surface area contributed by atoms with E-state index in [2.05, 4.69) is 10.3 Å². The molecule has 0 amide bonds. The zero-order valence-electron chi connectivity index (χ0n) is 12.3. The Morgan fingerprint density at radius 1 is 1.25 bits per heavy atom. The van der Waals surface area contributed by atoms with Crippen LogP contribution < -0.4 is 0 Å². The highest BCUT2D eigenvalue weighted by atomic mass is 35.5. The highest BCUT2D eigenvalue weighted by molar-refractivity contribution is 6.20. The SMILES string of the molecule is CC(Cl)c1cn(CCC23CC4CC(CC(C4)C2)C3)nn1. The van der Waals surface area contributed by atoms with Crippen molar-refractivity contribution in [2.24, 2.45) is 23.2 Å². The fourth-order valence-electron chi connectivity index (χ4n) is 5.55. The van der Waals surface area contributed by atoms with Crippen molar-refractivity contribution in [3.8, 4) is 0 Å². The van der Waals surface area contributed by atoms with Crippen LogP contribution in [0.15, 0.2) is 6.20 Å². The number of hydrogen-bond donors (Lipinski definition) is 0. The summed E-state index contributed by atoms with van der Waals surface area (Å²) in [6, 6.07) is 0. The molecule has 0 saturated heterocycles. The second-order valence-corrected chi connectivity index (χ2v) is 8.34. The second kappa shape index (κ2) is 4.72. The molecule has 0 spiro atoms. The van der Waals surface area contributed by atoms with Crippen LogP contribution in [0.25, 0.3) is 0 Å². The number of aromatic nitrogens is 3. The minimum absolute atomic E-state index is 0.0386. The van der Waals surface area contributed by atoms with Crippen LogP contribution in [0.4, 0.5) is 0 Å². The van der Waals surface area contributed by atoms with E-state index >= 15 is 0 Å². The molecule has 4 saturated carbocycles. The Hall–Kier alpha value is -0.570. The van der Waals surface area contributed by atoms with Crippen molar-refractivity contribution in [2.75, 3.05) is 0 Å². The average molecular weight is 294 g/mol. The summed E-state index contributed by atoms with van der Waals surface area (Å²) in [4.78, 5) is 0. The van der Waals surface area contributed by atoms with Gasteiger partial charge in [0.1, 0.15) is 5.69 Å². The summed E-state index contributed by atoms with van der Waals surface area (Å²) in [5, 5.41) is 8.36. The van der Waals surface area contributed by atoms with Crippen molar-refractivity contribution in [3.63, 3.8) is 0 Å². The third kappa shape index (κ3) is 2.28. The molecular weight excluding hydrogens is 270 g/mol. The van der Waals surface area contributed by atoms with Gasteiger partial charge in [-0.3, -0.25) is 4.68 Å². The minimum Gasteiger partial charge on any atom is -0.252 e. The van der Waals surface area contributed by atoms with E-state index in [1.165, 1.54) is 44.9 Å². The molecule has 4 aliphatic carbocycles. The summed E-state index contributed by atoms with van der Waals surface area (Å²) in [6.45, 7) is 2.97. The van der Waals surface area contributed by atoms with Crippen LogP contribution in [0, 0.1) is 23.2 Å². The first-order valence-corrected chi connectivity index (χ1v) is 8.60. The van der Waals surface area contributed by atoms with Crippen molar-refractivity contribution in [2.45, 2.75) is 63.8 Å². The minimum atomic E-state index is -0.0386. The second-order valence-electron chi connectivity index (χ2n) is 7.69. The summed E-state index contributed by atoms with van der Waals surface area (Å²) < 4.78 is 2.01. The van der Waals surface area contributed by atoms with Crippen molar-refractivity contribution >= 4 is 11.6 Å². The van der Waals surface area contributed by atoms with E-state index in [1.807, 2.05) is 17.8 Å². The van der Waals surface area contributed by atoms with Crippen LogP contribution in [0.2, 0.25) is 0 Å². The van der Waals surface area contributed by atoms with Crippen LogP contribution in [-0.2, 0) is 6.54 Å². The summed E-state index contributed by atoms with van der Waals surface area (Å²) in [7, 11) is 0. The molecule has 110 valence electrons. The van der Waals surface area contributed by atoms with Crippen LogP contribution in [0.5, 0.6) is 0 Å². The van der Waals surface area contributed by atoms with Gasteiger partial charge in [-0.15, -0.1) is 16.7 Å². The molecular formula is C16H24ClN3. The maximum atomic E-state index is 6.06. The van der Waals surface area contributed by atoms with Gasteiger partial charge in [-0.1, -0.05) is 5.21 Å². The molecule has 0 aromatic carbocycles. The lowest BCUT2D eigenvalue weighted by Crippen LogP contribution is -2.46. The number of alkyl halides is 1. The molecule has 0 aliphatic heterocycles. The van der Waals surface area contributed by atoms with E-state index in [4.69, 9.17) is 11.6 Å². The third-order valence-electron chi connectivity index (χ3n) is 6.00. The summed E-state index contributed by atoms with van der Waals surface area (Å²) in [5.41, 5.74) is 1.53. The van der Waals surface area contributed by atoms with Gasteiger partial charge in [0.25, 0.3) is 0 Å². The van der Waals surface area contributed by atoms with Gasteiger partial charge in [0, 0.05) is 12.7 Å². The molecule has 5 rings (SSSR count). The Morgan fingerprint density at radius 3 is 2.35 bits per heavy atom. The molecule has 0 radical (unpaired) electrons. The number of aryl methyl sites for hydroxylation is 1. The predicted octanol–water partition coefficient (Wildman–Crippen LogP) is 4.18. The summed E-state index contributed by atoms with van der Waals surface area (Å²) in [5.74, 6) is 3.11. The average Bonchev–Trinajstić information content (AvgIpc) is 2.84. The van der Waals surface area contributed by atoms with Crippen molar-refractivity contribution < 1.29 is 0 Å². The maximum absolute atomic E-state index is 6.06. The molecule has 4 fully saturated rings. The lowest BCUT2D eigenvalue weighted by molar-refractivity contribution is -0.0596. The normalized spacial score (nSPS) is 40.2. The Kier molecular flexibility index (Phi) is 3.10. The van der Waals surface area contributed by atoms with E-state index < -0.39 is 0 Å². The Bertz CT molecular complexity index is 458. The number of nitrogens with zero attached hydrogens (tertiary/aromatic N) is 3. The largest absolute Gasteiger partial charge is 0.252 e. The number of halogens is 1. The molecule has 0 N–H and O–H groups in total. The van der Waals surface area contributed by atoms with Crippen molar-refractivity contribution in [1.29, 1.82) is 0 Å². The molecule has 4 heteroatoms. The summed E-state index contributed by atoms with van der Waals surface area (Å²) >= 11 is 6.06. The van der Waals surface area contributed by atoms with Gasteiger partial charge in [-0.05, 0) is 75.0 Å². The van der Waals surface area contributed by atoms with Gasteiger partial charge in [-0.25, -0.2) is 0 Å². The highest BCUT2D eigenvalue weighted by Crippen LogP contribution is 2.61. The maximum Gasteiger partial charge on any atom is 0.100 e. The summed E-state index contributed by atoms with van der Waals surface area (Å²) in [6.07, 6.45) is 12.3. The van der Waals surface area contributed by atoms with Gasteiger partial charge in [0.05, 0.1) is 5.38 Å². The van der Waals surface area contributed by atoms with Gasteiger partial charge in [0.15, 0.2) is 0 Å². The lowest BCUT2D eigenvalue weighted by atomic mass is 9.49. The quantitative estimate of drug-likeness (QED) is 0.780. The first-order chi connectivity index (χ1) is 9.62. The molecule has 1 atom stereocenters. The lowest BCUT2D eigenvalue weighted by Gasteiger charge is -2.57. The fraction of sp³-hybridized carbons (Fsp3) is 0.875. The topological polar surface area (TPSA) is 30.7 Å². The molecule has 1 heterocycles.